The van der Waals surface area contributed by atoms with Crippen LogP contribution in [-0.2, 0) is 10.9 Å². The highest BCUT2D eigenvalue weighted by molar-refractivity contribution is 8.13. The first-order valence-electron chi connectivity index (χ1n) is 4.22. The molecule has 1 nitrogen and oxygen atoms in total. The molecule has 0 amide bonds. The Bertz CT molecular complexity index is 283. The minimum atomic E-state index is 0.00987. The van der Waals surface area contributed by atoms with Crippen LogP contribution in [-0.4, -0.2) is 21.7 Å². The number of hydrogen-bond donors (Lipinski definition) is 2. The van der Waals surface area contributed by atoms with E-state index in [2.05, 4.69) is 25.3 Å². The molecule has 14 heavy (non-hydrogen) atoms. The molecule has 0 saturated carbocycles. The Labute approximate surface area is 98.5 Å². The highest BCUT2D eigenvalue weighted by Crippen LogP contribution is 2.07. The van der Waals surface area contributed by atoms with Gasteiger partial charge in [-0.1, -0.05) is 30.3 Å². The Morgan fingerprint density at radius 3 is 2.21 bits per heavy atom. The average molecular weight is 245 g/mol. The number of benzene rings is 1. The second-order valence-corrected chi connectivity index (χ2v) is 6.38. The molecule has 0 aliphatic carbocycles. The van der Waals surface area contributed by atoms with Gasteiger partial charge in [0.1, 0.15) is 0 Å². The van der Waals surface area contributed by atoms with E-state index in [-0.39, 0.29) is 16.7 Å². The third-order valence-corrected chi connectivity index (χ3v) is 5.39. The maximum absolute atomic E-state index is 11.7. The van der Waals surface area contributed by atoms with Gasteiger partial charge in [0.05, 0.1) is 0 Å². The van der Waals surface area contributed by atoms with Crippen molar-refractivity contribution in [3.63, 3.8) is 0 Å². The van der Waals surface area contributed by atoms with E-state index in [0.29, 0.717) is 5.75 Å². The van der Waals surface area contributed by atoms with E-state index in [9.17, 15) is 4.79 Å². The van der Waals surface area contributed by atoms with E-state index in [4.69, 9.17) is 0 Å². The fourth-order valence-corrected chi connectivity index (χ4v) is 3.35. The molecular weight excluding hydrogens is 232 g/mol. The Kier molecular flexibility index (Phi) is 5.52. The minimum Gasteiger partial charge on any atom is -0.289 e. The van der Waals surface area contributed by atoms with Crippen LogP contribution in [0.5, 0.6) is 0 Å². The second kappa shape index (κ2) is 6.43. The lowest BCUT2D eigenvalue weighted by Crippen LogP contribution is -2.18. The molecule has 1 aromatic rings. The maximum Gasteiger partial charge on any atom is 0.211 e. The molecule has 0 spiro atoms. The van der Waals surface area contributed by atoms with Crippen LogP contribution in [0.1, 0.15) is 10.4 Å². The van der Waals surface area contributed by atoms with Crippen LogP contribution < -0.4 is 0 Å². The molecule has 1 rings (SSSR count). The van der Waals surface area contributed by atoms with Crippen molar-refractivity contribution in [3.8, 4) is 0 Å². The molecule has 1 aromatic carbocycles. The summed E-state index contributed by atoms with van der Waals surface area (Å²) in [6.07, 6.45) is 0. The normalized spacial score (nSPS) is 10.5. The molecule has 0 saturated heterocycles. The summed E-state index contributed by atoms with van der Waals surface area (Å²) in [7, 11) is 0.00987. The first-order chi connectivity index (χ1) is 6.77. The Hall–Kier alpha value is -0.0600. The first kappa shape index (κ1) is 12.0. The standard InChI is InChI=1S/C10H12OS3/c11-10(6-14(7-12)8-13)9-4-2-1-3-5-9/h1-5H,6-8H2,(H-,12,13)/p+1. The van der Waals surface area contributed by atoms with Crippen LogP contribution >= 0.6 is 25.3 Å². The molecule has 76 valence electrons. The quantitative estimate of drug-likeness (QED) is 0.462. The van der Waals surface area contributed by atoms with Gasteiger partial charge in [0.15, 0.2) is 15.9 Å². The van der Waals surface area contributed by atoms with Gasteiger partial charge in [-0.15, -0.1) is 25.3 Å². The van der Waals surface area contributed by atoms with E-state index in [0.717, 1.165) is 15.7 Å². The van der Waals surface area contributed by atoms with Gasteiger partial charge in [0.25, 0.3) is 0 Å². The summed E-state index contributed by atoms with van der Waals surface area (Å²) in [5.41, 5.74) is 0.786. The fraction of sp³-hybridized carbons (Fsp3) is 0.300. The maximum atomic E-state index is 11.7. The molecule has 0 fully saturated rings. The largest absolute Gasteiger partial charge is 0.289 e. The lowest BCUT2D eigenvalue weighted by Gasteiger charge is -2.02. The van der Waals surface area contributed by atoms with Crippen molar-refractivity contribution in [3.05, 3.63) is 35.9 Å². The van der Waals surface area contributed by atoms with E-state index in [1.165, 1.54) is 0 Å². The number of Topliss-reactive ketones (excluding diaryl/α,β-unsaturated/α-hetero) is 1. The van der Waals surface area contributed by atoms with Crippen LogP contribution in [0.2, 0.25) is 0 Å². The zero-order valence-electron chi connectivity index (χ0n) is 7.72. The van der Waals surface area contributed by atoms with Gasteiger partial charge in [0.2, 0.25) is 5.78 Å². The van der Waals surface area contributed by atoms with Crippen LogP contribution in [0.25, 0.3) is 0 Å². The second-order valence-electron chi connectivity index (χ2n) is 2.80. The molecule has 0 unspecified atom stereocenters. The highest BCUT2D eigenvalue weighted by Gasteiger charge is 2.19. The summed E-state index contributed by atoms with van der Waals surface area (Å²) in [6, 6.07) is 9.37. The molecule has 0 N–H and O–H groups in total. The van der Waals surface area contributed by atoms with Crippen molar-refractivity contribution in [2.24, 2.45) is 0 Å². The monoisotopic (exact) mass is 245 g/mol. The molecule has 0 heterocycles. The van der Waals surface area contributed by atoms with Crippen LogP contribution in [0, 0.1) is 0 Å². The molecule has 0 aliphatic rings. The average Bonchev–Trinajstić information content (AvgIpc) is 2.26. The van der Waals surface area contributed by atoms with Gasteiger partial charge < -0.3 is 0 Å². The Morgan fingerprint density at radius 2 is 1.71 bits per heavy atom. The smallest absolute Gasteiger partial charge is 0.211 e. The van der Waals surface area contributed by atoms with Crippen molar-refractivity contribution in [1.82, 2.24) is 0 Å². The van der Waals surface area contributed by atoms with Gasteiger partial charge >= 0.3 is 0 Å². The molecule has 0 bridgehead atoms. The summed E-state index contributed by atoms with van der Waals surface area (Å²) in [5, 5.41) is 1.48. The lowest BCUT2D eigenvalue weighted by atomic mass is 10.2. The van der Waals surface area contributed by atoms with Crippen molar-refractivity contribution < 1.29 is 4.79 Å². The zero-order valence-corrected chi connectivity index (χ0v) is 10.3. The van der Waals surface area contributed by atoms with Gasteiger partial charge in [-0.05, 0) is 0 Å². The topological polar surface area (TPSA) is 17.1 Å². The molecular formula is C10H13OS3+. The summed E-state index contributed by atoms with van der Waals surface area (Å²) < 4.78 is 0. The molecule has 0 atom stereocenters. The van der Waals surface area contributed by atoms with Crippen LogP contribution in [0.15, 0.2) is 30.3 Å². The predicted octanol–water partition coefficient (Wildman–Crippen LogP) is 2.26. The van der Waals surface area contributed by atoms with Crippen molar-refractivity contribution in [2.75, 3.05) is 15.9 Å². The highest BCUT2D eigenvalue weighted by atomic mass is 32.3. The number of thiol groups is 2. The van der Waals surface area contributed by atoms with E-state index in [1.54, 1.807) is 0 Å². The summed E-state index contributed by atoms with van der Waals surface area (Å²) >= 11 is 8.39. The fourth-order valence-electron chi connectivity index (χ4n) is 1.02. The number of ketones is 1. The van der Waals surface area contributed by atoms with E-state index < -0.39 is 0 Å². The summed E-state index contributed by atoms with van der Waals surface area (Å²) in [5.74, 6) is 0.758. The number of hydrogen-bond acceptors (Lipinski definition) is 3. The molecule has 0 aliphatic heterocycles. The Morgan fingerprint density at radius 1 is 1.14 bits per heavy atom. The SMILES string of the molecule is O=C(C[S+](CS)CS)c1ccccc1. The third-order valence-electron chi connectivity index (χ3n) is 1.80. The number of carbonyl (C=O) groups is 1. The zero-order chi connectivity index (χ0) is 10.4. The van der Waals surface area contributed by atoms with Gasteiger partial charge in [-0.25, -0.2) is 0 Å². The van der Waals surface area contributed by atoms with Gasteiger partial charge in [-0.3, -0.25) is 4.79 Å². The van der Waals surface area contributed by atoms with Crippen molar-refractivity contribution >= 4 is 41.9 Å². The van der Waals surface area contributed by atoms with Gasteiger partial charge in [-0.2, -0.15) is 0 Å². The summed E-state index contributed by atoms with van der Waals surface area (Å²) in [4.78, 5) is 11.7. The van der Waals surface area contributed by atoms with Crippen molar-refractivity contribution in [2.45, 2.75) is 0 Å². The van der Waals surface area contributed by atoms with Crippen LogP contribution in [0.4, 0.5) is 0 Å². The molecule has 0 radical (unpaired) electrons. The molecule has 0 aromatic heterocycles. The number of rotatable bonds is 5. The first-order valence-corrected chi connectivity index (χ1v) is 7.21. The summed E-state index contributed by atoms with van der Waals surface area (Å²) in [6.45, 7) is 0. The van der Waals surface area contributed by atoms with Crippen LogP contribution in [0.3, 0.4) is 0 Å². The van der Waals surface area contributed by atoms with E-state index >= 15 is 0 Å². The van der Waals surface area contributed by atoms with Crippen molar-refractivity contribution in [1.29, 1.82) is 0 Å². The number of carbonyl (C=O) groups excluding carboxylic acids is 1. The molecule has 4 heteroatoms. The van der Waals surface area contributed by atoms with Gasteiger partial charge in [0, 0.05) is 16.5 Å². The minimum absolute atomic E-state index is 0.00987. The third kappa shape index (κ3) is 3.59. The lowest BCUT2D eigenvalue weighted by molar-refractivity contribution is 0.102. The Balaban J connectivity index is 2.59. The van der Waals surface area contributed by atoms with E-state index in [1.807, 2.05) is 30.3 Å². The predicted molar refractivity (Wildman–Crippen MR) is 70.7 cm³/mol.